The van der Waals surface area contributed by atoms with Gasteiger partial charge < -0.3 is 21.3 Å². The largest absolute Gasteiger partial charge is 0.491 e. The van der Waals surface area contributed by atoms with Crippen LogP contribution < -0.4 is 16.2 Å². The molecule has 2 aliphatic carbocycles. The molecule has 12 nitrogen and oxygen atoms in total. The van der Waals surface area contributed by atoms with Gasteiger partial charge in [-0.2, -0.15) is 9.80 Å². The van der Waals surface area contributed by atoms with Gasteiger partial charge >= 0.3 is 12.1 Å². The standard InChI is InChI=1S/C24H24N4O8/c25-23(34)27-19(30)12-6-5-10-13(17(12)21(27)32)9-14-18(22(33)28(20(14)31)24(26)35)16(10)11-3-1-2-4-15(11)36-8-7-29/h1-5,12-14,16-18,29H,6-9H2,(H2,25,34)(H2,26,35). The Balaban J connectivity index is 1.66. The number of allylic oxidation sites excluding steroid dienone is 2. The van der Waals surface area contributed by atoms with Crippen LogP contribution in [0.5, 0.6) is 5.75 Å². The number of benzene rings is 1. The quantitative estimate of drug-likeness (QED) is 0.379. The second-order valence-electron chi connectivity index (χ2n) is 9.33. The molecule has 3 fully saturated rings. The minimum Gasteiger partial charge on any atom is -0.491 e. The fourth-order valence-corrected chi connectivity index (χ4v) is 6.40. The number of aliphatic hydroxyl groups excluding tert-OH is 1. The highest BCUT2D eigenvalue weighted by Crippen LogP contribution is 2.58. The molecule has 1 aromatic rings. The first-order valence-corrected chi connectivity index (χ1v) is 11.6. The van der Waals surface area contributed by atoms with E-state index < -0.39 is 71.2 Å². The lowest BCUT2D eigenvalue weighted by atomic mass is 9.57. The predicted octanol–water partition coefficient (Wildman–Crippen LogP) is -0.149. The molecule has 6 unspecified atom stereocenters. The second kappa shape index (κ2) is 8.55. The number of aliphatic hydroxyl groups is 1. The highest BCUT2D eigenvalue weighted by atomic mass is 16.5. The summed E-state index contributed by atoms with van der Waals surface area (Å²) < 4.78 is 5.71. The maximum Gasteiger partial charge on any atom is 0.328 e. The zero-order valence-corrected chi connectivity index (χ0v) is 19.0. The van der Waals surface area contributed by atoms with Crippen LogP contribution in [-0.2, 0) is 19.2 Å². The number of carbonyl (C=O) groups excluding carboxylic acids is 6. The number of nitrogens with zero attached hydrogens (tertiary/aromatic N) is 2. The Bertz CT molecular complexity index is 1240. The van der Waals surface area contributed by atoms with Crippen LogP contribution in [0.1, 0.15) is 24.3 Å². The Kier molecular flexibility index (Phi) is 5.62. The number of nitrogens with two attached hydrogens (primary N) is 2. The summed E-state index contributed by atoms with van der Waals surface area (Å²) >= 11 is 0. The smallest absolute Gasteiger partial charge is 0.328 e. The van der Waals surface area contributed by atoms with Crippen molar-refractivity contribution in [2.24, 2.45) is 41.1 Å². The van der Waals surface area contributed by atoms with Gasteiger partial charge in [0, 0.05) is 11.5 Å². The van der Waals surface area contributed by atoms with Gasteiger partial charge in [0.05, 0.1) is 30.3 Å². The molecule has 8 amide bonds. The van der Waals surface area contributed by atoms with Crippen LogP contribution in [0.15, 0.2) is 35.9 Å². The topological polar surface area (TPSA) is 190 Å². The molecule has 5 rings (SSSR count). The number of primary amides is 2. The van der Waals surface area contributed by atoms with Crippen LogP contribution in [0.3, 0.4) is 0 Å². The average molecular weight is 496 g/mol. The third-order valence-corrected chi connectivity index (χ3v) is 7.69. The van der Waals surface area contributed by atoms with Crippen LogP contribution in [0.25, 0.3) is 0 Å². The third kappa shape index (κ3) is 3.24. The summed E-state index contributed by atoms with van der Waals surface area (Å²) in [4.78, 5) is 77.3. The van der Waals surface area contributed by atoms with Gasteiger partial charge in [-0.1, -0.05) is 29.8 Å². The summed E-state index contributed by atoms with van der Waals surface area (Å²) in [5, 5.41) is 9.26. The molecular weight excluding hydrogens is 472 g/mol. The number of para-hydroxylation sites is 1. The Morgan fingerprint density at radius 2 is 1.50 bits per heavy atom. The van der Waals surface area contributed by atoms with Crippen molar-refractivity contribution < 1.29 is 38.6 Å². The molecule has 188 valence electrons. The van der Waals surface area contributed by atoms with Gasteiger partial charge in [-0.15, -0.1) is 0 Å². The number of hydrogen-bond acceptors (Lipinski definition) is 8. The van der Waals surface area contributed by atoms with E-state index in [2.05, 4.69) is 0 Å². The first-order valence-electron chi connectivity index (χ1n) is 11.6. The van der Waals surface area contributed by atoms with E-state index in [0.717, 1.165) is 0 Å². The molecule has 1 aromatic carbocycles. The molecule has 5 N–H and O–H groups in total. The molecule has 1 saturated carbocycles. The fourth-order valence-electron chi connectivity index (χ4n) is 6.40. The number of amides is 8. The van der Waals surface area contributed by atoms with Crippen LogP contribution in [0, 0.1) is 29.6 Å². The Hall–Kier alpha value is -4.06. The predicted molar refractivity (Wildman–Crippen MR) is 119 cm³/mol. The molecule has 0 aromatic heterocycles. The van der Waals surface area contributed by atoms with E-state index >= 15 is 0 Å². The number of ether oxygens (including phenoxy) is 1. The zero-order valence-electron chi connectivity index (χ0n) is 19.0. The van der Waals surface area contributed by atoms with Crippen molar-refractivity contribution >= 4 is 35.7 Å². The van der Waals surface area contributed by atoms with Crippen LogP contribution >= 0.6 is 0 Å². The molecule has 0 radical (unpaired) electrons. The third-order valence-electron chi connectivity index (χ3n) is 7.69. The van der Waals surface area contributed by atoms with E-state index in [1.807, 2.05) is 0 Å². The zero-order chi connectivity index (χ0) is 25.9. The van der Waals surface area contributed by atoms with Gasteiger partial charge in [0.15, 0.2) is 0 Å². The van der Waals surface area contributed by atoms with Crippen molar-refractivity contribution in [3.8, 4) is 5.75 Å². The van der Waals surface area contributed by atoms with Gasteiger partial charge in [0.1, 0.15) is 12.4 Å². The molecule has 12 heteroatoms. The van der Waals surface area contributed by atoms with Crippen LogP contribution in [0.4, 0.5) is 9.59 Å². The number of carbonyl (C=O) groups is 6. The molecule has 6 atom stereocenters. The van der Waals surface area contributed by atoms with E-state index in [-0.39, 0.29) is 26.1 Å². The van der Waals surface area contributed by atoms with Gasteiger partial charge in [-0.05, 0) is 24.8 Å². The van der Waals surface area contributed by atoms with Crippen molar-refractivity contribution in [1.82, 2.24) is 9.80 Å². The Morgan fingerprint density at radius 1 is 0.889 bits per heavy atom. The molecule has 0 bridgehead atoms. The number of urea groups is 2. The monoisotopic (exact) mass is 496 g/mol. The maximum atomic E-state index is 13.4. The maximum absolute atomic E-state index is 13.4. The molecule has 4 aliphatic rings. The normalized spacial score (nSPS) is 31.1. The highest BCUT2D eigenvalue weighted by Gasteiger charge is 2.63. The summed E-state index contributed by atoms with van der Waals surface area (Å²) in [6.45, 7) is -0.279. The number of hydrogen-bond donors (Lipinski definition) is 3. The van der Waals surface area contributed by atoms with Gasteiger partial charge in [-0.3, -0.25) is 19.2 Å². The highest BCUT2D eigenvalue weighted by molar-refractivity contribution is 6.18. The molecule has 2 heterocycles. The van der Waals surface area contributed by atoms with E-state index in [1.54, 1.807) is 30.3 Å². The van der Waals surface area contributed by atoms with Crippen molar-refractivity contribution in [2.45, 2.75) is 18.8 Å². The fraction of sp³-hybridized carbons (Fsp3) is 0.417. The average Bonchev–Trinajstić information content (AvgIpc) is 3.25. The minimum absolute atomic E-state index is 0.0216. The summed E-state index contributed by atoms with van der Waals surface area (Å²) in [5.41, 5.74) is 11.8. The van der Waals surface area contributed by atoms with Gasteiger partial charge in [-0.25, -0.2) is 9.59 Å². The minimum atomic E-state index is -1.19. The van der Waals surface area contributed by atoms with Crippen molar-refractivity contribution in [2.75, 3.05) is 13.2 Å². The summed E-state index contributed by atoms with van der Waals surface area (Å²) in [7, 11) is 0. The molecule has 2 saturated heterocycles. The Labute approximate surface area is 204 Å². The summed E-state index contributed by atoms with van der Waals surface area (Å²) in [5.74, 6) is -7.72. The van der Waals surface area contributed by atoms with Crippen molar-refractivity contribution in [3.05, 3.63) is 41.5 Å². The second-order valence-corrected chi connectivity index (χ2v) is 9.33. The van der Waals surface area contributed by atoms with E-state index in [4.69, 9.17) is 16.2 Å². The van der Waals surface area contributed by atoms with Crippen molar-refractivity contribution in [3.63, 3.8) is 0 Å². The molecular formula is C24H24N4O8. The van der Waals surface area contributed by atoms with E-state index in [0.29, 0.717) is 26.7 Å². The molecule has 2 aliphatic heterocycles. The SMILES string of the molecule is NC(=O)N1C(=O)C2CC=C3C(CC4C(=O)N(C(N)=O)C(=O)C4C3c3ccccc3OCCO)C2C1=O. The number of rotatable bonds is 4. The van der Waals surface area contributed by atoms with Crippen LogP contribution in [-0.4, -0.2) is 63.8 Å². The van der Waals surface area contributed by atoms with Crippen molar-refractivity contribution in [1.29, 1.82) is 0 Å². The van der Waals surface area contributed by atoms with E-state index in [9.17, 15) is 33.9 Å². The molecule has 36 heavy (non-hydrogen) atoms. The van der Waals surface area contributed by atoms with Gasteiger partial charge in [0.25, 0.3) is 0 Å². The summed E-state index contributed by atoms with van der Waals surface area (Å²) in [6.07, 6.45) is 1.93. The number of likely N-dealkylation sites (tertiary alicyclic amines) is 2. The Morgan fingerprint density at radius 3 is 2.14 bits per heavy atom. The first kappa shape index (κ1) is 23.7. The van der Waals surface area contributed by atoms with E-state index in [1.165, 1.54) is 0 Å². The lowest BCUT2D eigenvalue weighted by molar-refractivity contribution is -0.138. The number of fused-ring (bicyclic) bond motifs is 4. The van der Waals surface area contributed by atoms with Gasteiger partial charge in [0.2, 0.25) is 23.6 Å². The molecule has 0 spiro atoms. The number of imide groups is 6. The summed E-state index contributed by atoms with van der Waals surface area (Å²) in [6, 6.07) is 4.44. The van der Waals surface area contributed by atoms with Crippen LogP contribution in [0.2, 0.25) is 0 Å². The first-order chi connectivity index (χ1) is 17.2. The lowest BCUT2D eigenvalue weighted by Gasteiger charge is -2.44. The lowest BCUT2D eigenvalue weighted by Crippen LogP contribution is -2.44.